The molecule has 0 spiro atoms. The number of para-hydroxylation sites is 1. The normalized spacial score (nSPS) is 15.7. The van der Waals surface area contributed by atoms with E-state index in [0.29, 0.717) is 18.8 Å². The average Bonchev–Trinajstić information content (AvgIpc) is 2.69. The van der Waals surface area contributed by atoms with Crippen LogP contribution >= 0.6 is 0 Å². The second-order valence-electron chi connectivity index (χ2n) is 4.66. The first kappa shape index (κ1) is 13.5. The Morgan fingerprint density at radius 3 is 2.79 bits per heavy atom. The molecule has 1 fully saturated rings. The highest BCUT2D eigenvalue weighted by Crippen LogP contribution is 2.13. The predicted molar refractivity (Wildman–Crippen MR) is 73.9 cm³/mol. The highest BCUT2D eigenvalue weighted by atomic mass is 16.2. The van der Waals surface area contributed by atoms with Crippen molar-refractivity contribution in [1.82, 2.24) is 10.2 Å². The first-order valence-corrected chi connectivity index (χ1v) is 6.55. The van der Waals surface area contributed by atoms with Crippen molar-refractivity contribution in [2.24, 2.45) is 0 Å². The van der Waals surface area contributed by atoms with Gasteiger partial charge in [0.1, 0.15) is 0 Å². The van der Waals surface area contributed by atoms with Gasteiger partial charge in [0.2, 0.25) is 0 Å². The third-order valence-corrected chi connectivity index (χ3v) is 3.21. The van der Waals surface area contributed by atoms with Crippen molar-refractivity contribution in [2.75, 3.05) is 31.5 Å². The van der Waals surface area contributed by atoms with Crippen LogP contribution in [-0.2, 0) is 9.59 Å². The molecule has 1 saturated heterocycles. The monoisotopic (exact) mass is 261 g/mol. The van der Waals surface area contributed by atoms with Crippen LogP contribution in [0.15, 0.2) is 24.3 Å². The summed E-state index contributed by atoms with van der Waals surface area (Å²) in [5.41, 5.74) is 1.63. The number of nitrogens with one attached hydrogen (secondary N) is 2. The van der Waals surface area contributed by atoms with Crippen LogP contribution in [0.4, 0.5) is 5.69 Å². The molecule has 2 amide bonds. The van der Waals surface area contributed by atoms with Crippen LogP contribution in [0.25, 0.3) is 0 Å². The fourth-order valence-corrected chi connectivity index (χ4v) is 2.08. The molecule has 0 saturated carbocycles. The number of hydrogen-bond donors (Lipinski definition) is 2. The zero-order chi connectivity index (χ0) is 13.7. The van der Waals surface area contributed by atoms with Gasteiger partial charge in [-0.25, -0.2) is 0 Å². The van der Waals surface area contributed by atoms with E-state index in [9.17, 15) is 9.59 Å². The lowest BCUT2D eigenvalue weighted by Gasteiger charge is -2.19. The summed E-state index contributed by atoms with van der Waals surface area (Å²) in [7, 11) is 0. The number of rotatable bonds is 1. The number of amides is 2. The lowest BCUT2D eigenvalue weighted by atomic mass is 10.2. The number of hydrogen-bond acceptors (Lipinski definition) is 3. The zero-order valence-electron chi connectivity index (χ0n) is 11.1. The van der Waals surface area contributed by atoms with Gasteiger partial charge in [-0.1, -0.05) is 18.2 Å². The van der Waals surface area contributed by atoms with Gasteiger partial charge >= 0.3 is 11.8 Å². The van der Waals surface area contributed by atoms with E-state index >= 15 is 0 Å². The molecule has 1 aromatic carbocycles. The van der Waals surface area contributed by atoms with Crippen molar-refractivity contribution in [3.63, 3.8) is 0 Å². The van der Waals surface area contributed by atoms with Crippen LogP contribution in [0.5, 0.6) is 0 Å². The van der Waals surface area contributed by atoms with E-state index < -0.39 is 11.8 Å². The number of anilines is 1. The lowest BCUT2D eigenvalue weighted by Crippen LogP contribution is -2.41. The van der Waals surface area contributed by atoms with Crippen LogP contribution in [0.2, 0.25) is 0 Å². The fourth-order valence-electron chi connectivity index (χ4n) is 2.08. The molecule has 1 aromatic rings. The van der Waals surface area contributed by atoms with Gasteiger partial charge < -0.3 is 15.5 Å². The molecule has 0 radical (unpaired) electrons. The molecule has 0 unspecified atom stereocenters. The van der Waals surface area contributed by atoms with E-state index in [1.54, 1.807) is 11.0 Å². The molecular formula is C14H19N3O2. The van der Waals surface area contributed by atoms with Crippen LogP contribution < -0.4 is 10.6 Å². The van der Waals surface area contributed by atoms with E-state index in [0.717, 1.165) is 25.1 Å². The molecule has 2 N–H and O–H groups in total. The topological polar surface area (TPSA) is 61.4 Å². The van der Waals surface area contributed by atoms with Gasteiger partial charge in [-0.15, -0.1) is 0 Å². The Morgan fingerprint density at radius 2 is 2.00 bits per heavy atom. The SMILES string of the molecule is Cc1ccccc1NC(=O)C(=O)N1CCCNCC1. The van der Waals surface area contributed by atoms with E-state index in [4.69, 9.17) is 0 Å². The second kappa shape index (κ2) is 6.33. The zero-order valence-corrected chi connectivity index (χ0v) is 11.1. The van der Waals surface area contributed by atoms with Gasteiger partial charge in [-0.2, -0.15) is 0 Å². The van der Waals surface area contributed by atoms with Gasteiger partial charge in [0, 0.05) is 25.3 Å². The molecule has 19 heavy (non-hydrogen) atoms. The molecule has 1 heterocycles. The Bertz CT molecular complexity index is 466. The highest BCUT2D eigenvalue weighted by molar-refractivity contribution is 6.39. The van der Waals surface area contributed by atoms with Gasteiger partial charge in [-0.3, -0.25) is 9.59 Å². The van der Waals surface area contributed by atoms with Crippen molar-refractivity contribution < 1.29 is 9.59 Å². The number of carbonyl (C=O) groups is 2. The van der Waals surface area contributed by atoms with Crippen LogP contribution in [0, 0.1) is 6.92 Å². The Hall–Kier alpha value is -1.88. The minimum Gasteiger partial charge on any atom is -0.333 e. The molecule has 1 aliphatic heterocycles. The molecule has 2 rings (SSSR count). The van der Waals surface area contributed by atoms with Crippen LogP contribution in [-0.4, -0.2) is 42.9 Å². The van der Waals surface area contributed by atoms with E-state index in [2.05, 4.69) is 10.6 Å². The first-order valence-electron chi connectivity index (χ1n) is 6.55. The second-order valence-corrected chi connectivity index (χ2v) is 4.66. The predicted octanol–water partition coefficient (Wildman–Crippen LogP) is 0.755. The molecule has 1 aliphatic rings. The van der Waals surface area contributed by atoms with Crippen LogP contribution in [0.1, 0.15) is 12.0 Å². The van der Waals surface area contributed by atoms with E-state index in [1.807, 2.05) is 25.1 Å². The maximum atomic E-state index is 12.1. The summed E-state index contributed by atoms with van der Waals surface area (Å²) in [5, 5.41) is 5.88. The van der Waals surface area contributed by atoms with E-state index in [-0.39, 0.29) is 0 Å². The molecule has 5 nitrogen and oxygen atoms in total. The quantitative estimate of drug-likeness (QED) is 0.734. The maximum absolute atomic E-state index is 12.1. The molecule has 0 bridgehead atoms. The number of carbonyl (C=O) groups excluding carboxylic acids is 2. The Morgan fingerprint density at radius 1 is 1.21 bits per heavy atom. The van der Waals surface area contributed by atoms with Crippen molar-refractivity contribution in [2.45, 2.75) is 13.3 Å². The minimum absolute atomic E-state index is 0.452. The summed E-state index contributed by atoms with van der Waals surface area (Å²) >= 11 is 0. The summed E-state index contributed by atoms with van der Waals surface area (Å²) in [5.74, 6) is -1.01. The van der Waals surface area contributed by atoms with Gasteiger partial charge in [0.25, 0.3) is 0 Å². The first-order chi connectivity index (χ1) is 9.18. The summed E-state index contributed by atoms with van der Waals surface area (Å²) in [6, 6.07) is 7.43. The molecule has 0 aromatic heterocycles. The third-order valence-electron chi connectivity index (χ3n) is 3.21. The van der Waals surface area contributed by atoms with E-state index in [1.165, 1.54) is 0 Å². The lowest BCUT2D eigenvalue weighted by molar-refractivity contribution is -0.143. The smallest absolute Gasteiger partial charge is 0.313 e. The van der Waals surface area contributed by atoms with Gasteiger partial charge in [-0.05, 0) is 31.5 Å². The molecule has 0 aliphatic carbocycles. The summed E-state index contributed by atoms with van der Waals surface area (Å²) in [6.45, 7) is 4.75. The maximum Gasteiger partial charge on any atom is 0.313 e. The molecule has 5 heteroatoms. The Kier molecular flexibility index (Phi) is 4.52. The molecule has 102 valence electrons. The van der Waals surface area contributed by atoms with Gasteiger partial charge in [0.05, 0.1) is 0 Å². The average molecular weight is 261 g/mol. The van der Waals surface area contributed by atoms with Crippen molar-refractivity contribution in [1.29, 1.82) is 0 Å². The summed E-state index contributed by atoms with van der Waals surface area (Å²) in [4.78, 5) is 25.6. The van der Waals surface area contributed by atoms with Crippen molar-refractivity contribution in [3.8, 4) is 0 Å². The Labute approximate surface area is 113 Å². The standard InChI is InChI=1S/C14H19N3O2/c1-11-5-2-3-6-12(11)16-13(18)14(19)17-9-4-7-15-8-10-17/h2-3,5-6,15H,4,7-10H2,1H3,(H,16,18). The fraction of sp³-hybridized carbons (Fsp3) is 0.429. The molecule has 0 atom stereocenters. The largest absolute Gasteiger partial charge is 0.333 e. The number of benzene rings is 1. The van der Waals surface area contributed by atoms with Crippen LogP contribution in [0.3, 0.4) is 0 Å². The van der Waals surface area contributed by atoms with Gasteiger partial charge in [0.15, 0.2) is 0 Å². The van der Waals surface area contributed by atoms with Crippen molar-refractivity contribution >= 4 is 17.5 Å². The summed E-state index contributed by atoms with van der Waals surface area (Å²) in [6.07, 6.45) is 0.878. The third kappa shape index (κ3) is 3.54. The number of nitrogens with zero attached hydrogens (tertiary/aromatic N) is 1. The highest BCUT2D eigenvalue weighted by Gasteiger charge is 2.22. The number of aryl methyl sites for hydroxylation is 1. The minimum atomic E-state index is -0.559. The molecular weight excluding hydrogens is 242 g/mol. The summed E-state index contributed by atoms with van der Waals surface area (Å²) < 4.78 is 0. The van der Waals surface area contributed by atoms with Crippen molar-refractivity contribution in [3.05, 3.63) is 29.8 Å². The Balaban J connectivity index is 1.99.